The number of nitrogens with two attached hydrogens (primary N) is 2. The quantitative estimate of drug-likeness (QED) is 0.509. The van der Waals surface area contributed by atoms with E-state index in [1.54, 1.807) is 25.6 Å². The van der Waals surface area contributed by atoms with Gasteiger partial charge in [-0.1, -0.05) is 13.8 Å². The summed E-state index contributed by atoms with van der Waals surface area (Å²) in [6.07, 6.45) is 3.33. The smallest absolute Gasteiger partial charge is 0.0803 e. The molecule has 0 bridgehead atoms. The van der Waals surface area contributed by atoms with Crippen molar-refractivity contribution in [3.63, 3.8) is 0 Å². The van der Waals surface area contributed by atoms with Crippen molar-refractivity contribution in [3.8, 4) is 0 Å². The van der Waals surface area contributed by atoms with E-state index in [9.17, 15) is 0 Å². The Bertz CT molecular complexity index is 330. The molecule has 5 N–H and O–H groups in total. The SMILES string of the molecule is COC(C(C)C)C(NN)c1cnccc1N. The summed E-state index contributed by atoms with van der Waals surface area (Å²) in [5.41, 5.74) is 10.2. The van der Waals surface area contributed by atoms with E-state index in [2.05, 4.69) is 24.3 Å². The molecule has 0 saturated carbocycles. The summed E-state index contributed by atoms with van der Waals surface area (Å²) in [7, 11) is 1.67. The Hall–Kier alpha value is -1.17. The normalized spacial score (nSPS) is 15.1. The molecule has 0 aliphatic carbocycles. The first-order valence-electron chi connectivity index (χ1n) is 5.30. The fourth-order valence-electron chi connectivity index (χ4n) is 1.83. The number of rotatable bonds is 5. The Balaban J connectivity index is 3.02. The van der Waals surface area contributed by atoms with Crippen LogP contribution in [0.25, 0.3) is 0 Å². The molecule has 5 nitrogen and oxygen atoms in total. The number of hydrogen-bond acceptors (Lipinski definition) is 5. The summed E-state index contributed by atoms with van der Waals surface area (Å²) < 4.78 is 5.45. The Morgan fingerprint density at radius 2 is 2.12 bits per heavy atom. The largest absolute Gasteiger partial charge is 0.398 e. The van der Waals surface area contributed by atoms with Gasteiger partial charge in [0.05, 0.1) is 12.1 Å². The van der Waals surface area contributed by atoms with Crippen LogP contribution in [-0.2, 0) is 4.74 Å². The van der Waals surface area contributed by atoms with Gasteiger partial charge in [-0.15, -0.1) is 0 Å². The number of nitrogens with zero attached hydrogens (tertiary/aromatic N) is 1. The number of anilines is 1. The van der Waals surface area contributed by atoms with Gasteiger partial charge in [-0.05, 0) is 12.0 Å². The van der Waals surface area contributed by atoms with Gasteiger partial charge in [-0.25, -0.2) is 0 Å². The Kier molecular flexibility index (Phi) is 4.67. The molecule has 0 saturated heterocycles. The fourth-order valence-corrected chi connectivity index (χ4v) is 1.83. The van der Waals surface area contributed by atoms with Crippen molar-refractivity contribution in [2.75, 3.05) is 12.8 Å². The highest BCUT2D eigenvalue weighted by Gasteiger charge is 2.26. The Morgan fingerprint density at radius 1 is 1.44 bits per heavy atom. The average molecular weight is 224 g/mol. The second kappa shape index (κ2) is 5.79. The van der Waals surface area contributed by atoms with E-state index in [-0.39, 0.29) is 12.1 Å². The summed E-state index contributed by atoms with van der Waals surface area (Å²) in [6, 6.07) is 1.60. The van der Waals surface area contributed by atoms with Crippen LogP contribution in [0.4, 0.5) is 5.69 Å². The van der Waals surface area contributed by atoms with E-state index in [1.807, 2.05) is 0 Å². The van der Waals surface area contributed by atoms with Crippen molar-refractivity contribution in [1.29, 1.82) is 0 Å². The summed E-state index contributed by atoms with van der Waals surface area (Å²) in [4.78, 5) is 4.06. The van der Waals surface area contributed by atoms with E-state index in [4.69, 9.17) is 16.3 Å². The molecule has 5 heteroatoms. The molecule has 0 amide bonds. The zero-order valence-electron chi connectivity index (χ0n) is 9.97. The van der Waals surface area contributed by atoms with Crippen LogP contribution >= 0.6 is 0 Å². The van der Waals surface area contributed by atoms with Crippen LogP contribution in [0.5, 0.6) is 0 Å². The second-order valence-electron chi connectivity index (χ2n) is 4.09. The van der Waals surface area contributed by atoms with E-state index in [0.29, 0.717) is 11.6 Å². The van der Waals surface area contributed by atoms with E-state index < -0.39 is 0 Å². The van der Waals surface area contributed by atoms with Crippen molar-refractivity contribution >= 4 is 5.69 Å². The second-order valence-corrected chi connectivity index (χ2v) is 4.09. The molecule has 0 aliphatic rings. The number of nitrogens with one attached hydrogen (secondary N) is 1. The van der Waals surface area contributed by atoms with Crippen LogP contribution in [0.15, 0.2) is 18.5 Å². The third-order valence-corrected chi connectivity index (χ3v) is 2.66. The number of ether oxygens (including phenoxy) is 1. The minimum atomic E-state index is -0.154. The van der Waals surface area contributed by atoms with Crippen molar-refractivity contribution in [2.24, 2.45) is 11.8 Å². The summed E-state index contributed by atoms with van der Waals surface area (Å²) >= 11 is 0. The summed E-state index contributed by atoms with van der Waals surface area (Å²) in [5, 5.41) is 0. The number of methoxy groups -OCH3 is 1. The zero-order chi connectivity index (χ0) is 12.1. The molecule has 2 atom stereocenters. The zero-order valence-corrected chi connectivity index (χ0v) is 9.97. The van der Waals surface area contributed by atoms with Gasteiger partial charge in [-0.2, -0.15) is 0 Å². The van der Waals surface area contributed by atoms with Crippen LogP contribution in [-0.4, -0.2) is 18.2 Å². The van der Waals surface area contributed by atoms with Crippen molar-refractivity contribution in [3.05, 3.63) is 24.0 Å². The number of nitrogen functional groups attached to an aromatic ring is 1. The highest BCUT2D eigenvalue weighted by atomic mass is 16.5. The highest BCUT2D eigenvalue weighted by Crippen LogP contribution is 2.26. The topological polar surface area (TPSA) is 86.2 Å². The van der Waals surface area contributed by atoms with Crippen molar-refractivity contribution in [1.82, 2.24) is 10.4 Å². The van der Waals surface area contributed by atoms with Crippen LogP contribution in [0.2, 0.25) is 0 Å². The predicted octanol–water partition coefficient (Wildman–Crippen LogP) is 0.839. The monoisotopic (exact) mass is 224 g/mol. The molecule has 0 radical (unpaired) electrons. The molecular formula is C11H20N4O. The molecule has 16 heavy (non-hydrogen) atoms. The third-order valence-electron chi connectivity index (χ3n) is 2.66. The maximum absolute atomic E-state index is 5.90. The third kappa shape index (κ3) is 2.69. The summed E-state index contributed by atoms with van der Waals surface area (Å²) in [6.45, 7) is 4.15. The van der Waals surface area contributed by atoms with Crippen molar-refractivity contribution in [2.45, 2.75) is 26.0 Å². The first kappa shape index (κ1) is 12.9. The predicted molar refractivity (Wildman–Crippen MR) is 64.3 cm³/mol. The van der Waals surface area contributed by atoms with Gasteiger partial charge in [0.2, 0.25) is 0 Å². The fraction of sp³-hybridized carbons (Fsp3) is 0.545. The Labute approximate surface area is 96.2 Å². The highest BCUT2D eigenvalue weighted by molar-refractivity contribution is 5.46. The van der Waals surface area contributed by atoms with Gasteiger partial charge in [0.1, 0.15) is 0 Å². The lowest BCUT2D eigenvalue weighted by molar-refractivity contribution is 0.0327. The lowest BCUT2D eigenvalue weighted by Crippen LogP contribution is -2.40. The van der Waals surface area contributed by atoms with Crippen LogP contribution in [0, 0.1) is 5.92 Å². The molecule has 0 spiro atoms. The van der Waals surface area contributed by atoms with E-state index in [1.165, 1.54) is 0 Å². The number of aromatic nitrogens is 1. The molecule has 90 valence electrons. The standard InChI is InChI=1S/C11H20N4O/c1-7(2)11(16-3)10(15-13)8-6-14-5-4-9(8)12/h4-7,10-11,15H,13H2,1-3H3,(H2,12,14). The number of hydrogen-bond donors (Lipinski definition) is 3. The maximum Gasteiger partial charge on any atom is 0.0803 e. The molecule has 0 aromatic carbocycles. The summed E-state index contributed by atoms with van der Waals surface area (Å²) in [5.74, 6) is 5.90. The number of hydrazine groups is 1. The first-order chi connectivity index (χ1) is 7.61. The van der Waals surface area contributed by atoms with Gasteiger partial charge in [0, 0.05) is 30.8 Å². The molecule has 1 aromatic rings. The molecule has 0 fully saturated rings. The maximum atomic E-state index is 5.90. The van der Waals surface area contributed by atoms with Gasteiger partial charge in [-0.3, -0.25) is 16.3 Å². The molecule has 2 unspecified atom stereocenters. The molecule has 1 heterocycles. The first-order valence-corrected chi connectivity index (χ1v) is 5.30. The average Bonchev–Trinajstić information content (AvgIpc) is 2.26. The van der Waals surface area contributed by atoms with E-state index >= 15 is 0 Å². The lowest BCUT2D eigenvalue weighted by Gasteiger charge is -2.29. The van der Waals surface area contributed by atoms with Crippen LogP contribution < -0.4 is 17.0 Å². The van der Waals surface area contributed by atoms with Gasteiger partial charge in [0.15, 0.2) is 0 Å². The minimum absolute atomic E-state index is 0.0449. The van der Waals surface area contributed by atoms with Gasteiger partial charge >= 0.3 is 0 Å². The minimum Gasteiger partial charge on any atom is -0.398 e. The number of pyridine rings is 1. The lowest BCUT2D eigenvalue weighted by atomic mass is 9.94. The Morgan fingerprint density at radius 3 is 2.56 bits per heavy atom. The van der Waals surface area contributed by atoms with E-state index in [0.717, 1.165) is 5.56 Å². The molecule has 1 aromatic heterocycles. The van der Waals surface area contributed by atoms with Crippen molar-refractivity contribution < 1.29 is 4.74 Å². The van der Waals surface area contributed by atoms with Crippen LogP contribution in [0.1, 0.15) is 25.5 Å². The van der Waals surface area contributed by atoms with Gasteiger partial charge < -0.3 is 10.5 Å². The van der Waals surface area contributed by atoms with Crippen LogP contribution in [0.3, 0.4) is 0 Å². The molecular weight excluding hydrogens is 204 g/mol. The molecule has 1 rings (SSSR count). The van der Waals surface area contributed by atoms with Gasteiger partial charge in [0.25, 0.3) is 0 Å². The molecule has 0 aliphatic heterocycles.